The second-order valence-electron chi connectivity index (χ2n) is 9.30. The van der Waals surface area contributed by atoms with E-state index in [1.54, 1.807) is 13.1 Å². The molecule has 2 N–H and O–H groups in total. The first kappa shape index (κ1) is 28.0. The number of aryl methyl sites for hydroxylation is 1. The summed E-state index contributed by atoms with van der Waals surface area (Å²) >= 11 is 6.20. The zero-order valence-corrected chi connectivity index (χ0v) is 21.0. The third-order valence-electron chi connectivity index (χ3n) is 6.90. The Kier molecular flexibility index (Phi) is 9.41. The number of hydrogen-bond donors (Lipinski definition) is 2. The van der Waals surface area contributed by atoms with Gasteiger partial charge in [0.25, 0.3) is 17.4 Å². The van der Waals surface area contributed by atoms with Gasteiger partial charge in [-0.3, -0.25) is 9.59 Å². The number of alkyl halides is 3. The molecule has 5 nitrogen and oxygen atoms in total. The number of benzene rings is 2. The first-order valence-electron chi connectivity index (χ1n) is 12.2. The number of amides is 2. The number of piperidine rings is 1. The Labute approximate surface area is 214 Å². The smallest absolute Gasteiger partial charge is 0.369 e. The molecule has 0 spiro atoms. The Bertz CT molecular complexity index is 1040. The number of unbranched alkanes of at least 4 members (excludes halogenated alkanes) is 2. The summed E-state index contributed by atoms with van der Waals surface area (Å²) in [6, 6.07) is 12.0. The average Bonchev–Trinajstić information content (AvgIpc) is 2.87. The number of nitrogens with one attached hydrogen (secondary N) is 1. The molecule has 1 aliphatic rings. The van der Waals surface area contributed by atoms with Crippen molar-refractivity contribution in [2.75, 3.05) is 20.1 Å². The standard InChI is InChI=1S/C27H32ClF3N2O3/c1-32-24(34)22-13-12-20(18-23(22)28)9-5-2-4-8-19-14-16-33(17-15-19)25(35)26(36,27(29,30)31)21-10-6-3-7-11-21/h3,6-7,10-13,18-19,36H,2,4-5,8-9,14-17H2,1H3,(H,32,34)/t26-/m1/s1. The van der Waals surface area contributed by atoms with Gasteiger partial charge in [0, 0.05) is 25.7 Å². The van der Waals surface area contributed by atoms with E-state index in [-0.39, 0.29) is 19.0 Å². The fraction of sp³-hybridized carbons (Fsp3) is 0.481. The number of carbonyl (C=O) groups excluding carboxylic acids is 2. The summed E-state index contributed by atoms with van der Waals surface area (Å²) < 4.78 is 41.4. The van der Waals surface area contributed by atoms with Gasteiger partial charge in [-0.05, 0) is 49.3 Å². The quantitative estimate of drug-likeness (QED) is 0.426. The predicted molar refractivity (Wildman–Crippen MR) is 133 cm³/mol. The zero-order valence-electron chi connectivity index (χ0n) is 20.3. The number of rotatable bonds is 9. The number of carbonyl (C=O) groups is 2. The lowest BCUT2D eigenvalue weighted by Crippen LogP contribution is -2.57. The summed E-state index contributed by atoms with van der Waals surface area (Å²) in [5.41, 5.74) is -2.49. The van der Waals surface area contributed by atoms with Crippen molar-refractivity contribution in [2.24, 2.45) is 5.92 Å². The van der Waals surface area contributed by atoms with Crippen molar-refractivity contribution in [2.45, 2.75) is 56.7 Å². The van der Waals surface area contributed by atoms with Gasteiger partial charge in [-0.25, -0.2) is 0 Å². The maximum atomic E-state index is 13.8. The molecule has 1 atom stereocenters. The van der Waals surface area contributed by atoms with Crippen LogP contribution in [0.1, 0.15) is 60.0 Å². The zero-order chi connectivity index (χ0) is 26.3. The first-order chi connectivity index (χ1) is 17.1. The lowest BCUT2D eigenvalue weighted by Gasteiger charge is -2.38. The molecule has 0 saturated carbocycles. The van der Waals surface area contributed by atoms with E-state index < -0.39 is 23.2 Å². The average molecular weight is 525 g/mol. The van der Waals surface area contributed by atoms with Crippen LogP contribution >= 0.6 is 11.6 Å². The molecule has 2 aromatic rings. The highest BCUT2D eigenvalue weighted by Gasteiger charge is 2.62. The minimum atomic E-state index is -5.12. The Morgan fingerprint density at radius 1 is 1.06 bits per heavy atom. The topological polar surface area (TPSA) is 69.6 Å². The van der Waals surface area contributed by atoms with Crippen LogP contribution in [0.2, 0.25) is 5.02 Å². The van der Waals surface area contributed by atoms with E-state index in [1.165, 1.54) is 18.2 Å². The molecule has 9 heteroatoms. The lowest BCUT2D eigenvalue weighted by atomic mass is 9.87. The summed E-state index contributed by atoms with van der Waals surface area (Å²) in [5, 5.41) is 13.5. The summed E-state index contributed by atoms with van der Waals surface area (Å²) in [5.74, 6) is -1.19. The molecule has 2 amide bonds. The fourth-order valence-electron chi connectivity index (χ4n) is 4.71. The van der Waals surface area contributed by atoms with Crippen LogP contribution < -0.4 is 5.32 Å². The van der Waals surface area contributed by atoms with Gasteiger partial charge < -0.3 is 15.3 Å². The van der Waals surface area contributed by atoms with Gasteiger partial charge in [-0.1, -0.05) is 67.3 Å². The third-order valence-corrected chi connectivity index (χ3v) is 7.21. The number of aliphatic hydroxyl groups is 1. The summed E-state index contributed by atoms with van der Waals surface area (Å²) in [4.78, 5) is 25.7. The molecule has 36 heavy (non-hydrogen) atoms. The van der Waals surface area contributed by atoms with Gasteiger partial charge in [0.2, 0.25) is 0 Å². The minimum Gasteiger partial charge on any atom is -0.369 e. The van der Waals surface area contributed by atoms with Crippen LogP contribution in [0, 0.1) is 5.92 Å². The Balaban J connectivity index is 1.44. The summed E-state index contributed by atoms with van der Waals surface area (Å²) in [6.07, 6.45) is 0.847. The maximum absolute atomic E-state index is 13.8. The predicted octanol–water partition coefficient (Wildman–Crippen LogP) is 5.49. The van der Waals surface area contributed by atoms with Gasteiger partial charge in [0.05, 0.1) is 10.6 Å². The molecule has 1 saturated heterocycles. The van der Waals surface area contributed by atoms with E-state index in [2.05, 4.69) is 5.32 Å². The highest BCUT2D eigenvalue weighted by molar-refractivity contribution is 6.33. The summed E-state index contributed by atoms with van der Waals surface area (Å²) in [7, 11) is 1.56. The first-order valence-corrected chi connectivity index (χ1v) is 12.6. The van der Waals surface area contributed by atoms with Crippen LogP contribution in [-0.4, -0.2) is 48.1 Å². The molecule has 196 valence electrons. The van der Waals surface area contributed by atoms with Crippen molar-refractivity contribution in [3.8, 4) is 0 Å². The molecular formula is C27H32ClF3N2O3. The van der Waals surface area contributed by atoms with Crippen molar-refractivity contribution in [3.63, 3.8) is 0 Å². The second-order valence-corrected chi connectivity index (χ2v) is 9.71. The van der Waals surface area contributed by atoms with E-state index in [0.29, 0.717) is 29.3 Å². The highest BCUT2D eigenvalue weighted by Crippen LogP contribution is 2.41. The molecule has 0 aromatic heterocycles. The fourth-order valence-corrected chi connectivity index (χ4v) is 5.00. The van der Waals surface area contributed by atoms with E-state index in [4.69, 9.17) is 11.6 Å². The van der Waals surface area contributed by atoms with Crippen LogP contribution in [0.5, 0.6) is 0 Å². The number of halogens is 4. The van der Waals surface area contributed by atoms with Crippen molar-refractivity contribution < 1.29 is 27.9 Å². The molecular weight excluding hydrogens is 493 g/mol. The summed E-state index contributed by atoms with van der Waals surface area (Å²) in [6.45, 7) is 0.399. The third kappa shape index (κ3) is 6.40. The van der Waals surface area contributed by atoms with E-state index >= 15 is 0 Å². The van der Waals surface area contributed by atoms with Gasteiger partial charge in [0.1, 0.15) is 0 Å². The van der Waals surface area contributed by atoms with Crippen LogP contribution in [-0.2, 0) is 16.8 Å². The van der Waals surface area contributed by atoms with Crippen LogP contribution in [0.15, 0.2) is 48.5 Å². The van der Waals surface area contributed by atoms with Crippen molar-refractivity contribution >= 4 is 23.4 Å². The minimum absolute atomic E-state index is 0.199. The Hall–Kier alpha value is -2.58. The lowest BCUT2D eigenvalue weighted by molar-refractivity contribution is -0.262. The molecule has 1 aliphatic heterocycles. The highest BCUT2D eigenvalue weighted by atomic mass is 35.5. The SMILES string of the molecule is CNC(=O)c1ccc(CCCCCC2CCN(C(=O)[C@](O)(c3ccccc3)C(F)(F)F)CC2)cc1Cl. The normalized spacial score (nSPS) is 16.4. The monoisotopic (exact) mass is 524 g/mol. The number of nitrogens with zero attached hydrogens (tertiary/aromatic N) is 1. The molecule has 3 rings (SSSR count). The molecule has 0 bridgehead atoms. The van der Waals surface area contributed by atoms with Gasteiger partial charge in [-0.15, -0.1) is 0 Å². The van der Waals surface area contributed by atoms with Crippen molar-refractivity contribution in [3.05, 3.63) is 70.2 Å². The van der Waals surface area contributed by atoms with Gasteiger partial charge >= 0.3 is 6.18 Å². The molecule has 0 unspecified atom stereocenters. The van der Waals surface area contributed by atoms with Crippen LogP contribution in [0.25, 0.3) is 0 Å². The maximum Gasteiger partial charge on any atom is 0.430 e. The molecule has 2 aromatic carbocycles. The van der Waals surface area contributed by atoms with Crippen molar-refractivity contribution in [1.29, 1.82) is 0 Å². The van der Waals surface area contributed by atoms with E-state index in [0.717, 1.165) is 54.7 Å². The van der Waals surface area contributed by atoms with Crippen LogP contribution in [0.4, 0.5) is 13.2 Å². The number of hydrogen-bond acceptors (Lipinski definition) is 3. The largest absolute Gasteiger partial charge is 0.430 e. The number of likely N-dealkylation sites (tertiary alicyclic amines) is 1. The Morgan fingerprint density at radius 2 is 1.72 bits per heavy atom. The molecule has 1 heterocycles. The Morgan fingerprint density at radius 3 is 2.31 bits per heavy atom. The van der Waals surface area contributed by atoms with Crippen LogP contribution in [0.3, 0.4) is 0 Å². The van der Waals surface area contributed by atoms with Gasteiger partial charge in [-0.2, -0.15) is 13.2 Å². The van der Waals surface area contributed by atoms with Crippen molar-refractivity contribution in [1.82, 2.24) is 10.2 Å². The second kappa shape index (κ2) is 12.1. The molecule has 0 aliphatic carbocycles. The molecule has 0 radical (unpaired) electrons. The van der Waals surface area contributed by atoms with Gasteiger partial charge in [0.15, 0.2) is 0 Å². The molecule has 1 fully saturated rings. The van der Waals surface area contributed by atoms with E-state index in [1.807, 2.05) is 12.1 Å². The van der Waals surface area contributed by atoms with E-state index in [9.17, 15) is 27.9 Å².